The molecule has 4 aromatic rings. The van der Waals surface area contributed by atoms with Gasteiger partial charge in [0.15, 0.2) is 0 Å². The minimum absolute atomic E-state index is 0.0429. The van der Waals surface area contributed by atoms with E-state index in [9.17, 15) is 14.4 Å². The Labute approximate surface area is 275 Å². The Bertz CT molecular complexity index is 1760. The van der Waals surface area contributed by atoms with Crippen LogP contribution in [0, 0.1) is 5.92 Å². The van der Waals surface area contributed by atoms with E-state index in [1.807, 2.05) is 47.0 Å². The topological polar surface area (TPSA) is 92.7 Å². The predicted molar refractivity (Wildman–Crippen MR) is 184 cm³/mol. The maximum atomic E-state index is 13.6. The Morgan fingerprint density at radius 1 is 0.956 bits per heavy atom. The van der Waals surface area contributed by atoms with Gasteiger partial charge in [-0.05, 0) is 76.3 Å². The van der Waals surface area contributed by atoms with Gasteiger partial charge in [0.25, 0.3) is 17.4 Å². The molecule has 2 amide bonds. The van der Waals surface area contributed by atoms with Gasteiger partial charge >= 0.3 is 0 Å². The second-order valence-electron chi connectivity index (χ2n) is 11.4. The van der Waals surface area contributed by atoms with Crippen LogP contribution in [-0.4, -0.2) is 48.9 Å². The number of rotatable bonds is 10. The molecule has 232 valence electrons. The number of nitrogens with zero attached hydrogens (tertiary/aromatic N) is 2. The number of aromatic nitrogens is 1. The number of benzene rings is 3. The fraction of sp³-hybridized carbons (Fsp3) is 0.286. The number of hydrogen-bond donors (Lipinski definition) is 2. The summed E-state index contributed by atoms with van der Waals surface area (Å²) in [7, 11) is 1.56. The van der Waals surface area contributed by atoms with E-state index in [1.54, 1.807) is 49.2 Å². The Morgan fingerprint density at radius 2 is 1.80 bits per heavy atom. The monoisotopic (exact) mass is 686 g/mol. The zero-order valence-corrected chi connectivity index (χ0v) is 27.4. The normalized spacial score (nSPS) is 16.9. The fourth-order valence-electron chi connectivity index (χ4n) is 6.24. The first-order valence-electron chi connectivity index (χ1n) is 15.0. The summed E-state index contributed by atoms with van der Waals surface area (Å²) in [4.78, 5) is 41.7. The average Bonchev–Trinajstić information content (AvgIpc) is 3.05. The largest absolute Gasteiger partial charge is 0.497 e. The van der Waals surface area contributed by atoms with Crippen molar-refractivity contribution in [3.05, 3.63) is 122 Å². The number of thioether (sulfide) groups is 1. The Hall–Kier alpha value is -4.02. The van der Waals surface area contributed by atoms with Crippen molar-refractivity contribution in [2.24, 2.45) is 5.92 Å². The molecule has 1 saturated heterocycles. The van der Waals surface area contributed by atoms with Crippen LogP contribution in [0.1, 0.15) is 44.3 Å². The summed E-state index contributed by atoms with van der Waals surface area (Å²) in [5, 5.41) is 6.12. The first-order valence-corrected chi connectivity index (χ1v) is 17.0. The number of nitrogens with one attached hydrogen (secondary N) is 2. The number of carbonyl (C=O) groups excluding carboxylic acids is 2. The highest BCUT2D eigenvalue weighted by molar-refractivity contribution is 9.10. The van der Waals surface area contributed by atoms with Crippen molar-refractivity contribution < 1.29 is 14.3 Å². The smallest absolute Gasteiger partial charge is 0.257 e. The maximum absolute atomic E-state index is 13.6. The molecule has 0 spiro atoms. The number of carbonyl (C=O) groups is 2. The Morgan fingerprint density at radius 3 is 2.62 bits per heavy atom. The molecule has 10 heteroatoms. The van der Waals surface area contributed by atoms with E-state index in [1.165, 1.54) is 5.56 Å². The fourth-order valence-corrected chi connectivity index (χ4v) is 7.49. The summed E-state index contributed by atoms with van der Waals surface area (Å²) in [5.74, 6) is 2.23. The lowest BCUT2D eigenvalue weighted by molar-refractivity contribution is 0.0954. The quantitative estimate of drug-likeness (QED) is 0.194. The number of piperidine rings is 1. The number of fused-ring (bicyclic) bond motifs is 4. The molecule has 6 rings (SSSR count). The van der Waals surface area contributed by atoms with Gasteiger partial charge in [0.05, 0.1) is 24.0 Å². The molecule has 2 bridgehead atoms. The second kappa shape index (κ2) is 14.0. The van der Waals surface area contributed by atoms with Crippen molar-refractivity contribution in [2.75, 3.05) is 42.7 Å². The van der Waals surface area contributed by atoms with Gasteiger partial charge in [-0.25, -0.2) is 0 Å². The van der Waals surface area contributed by atoms with Crippen LogP contribution in [0.2, 0.25) is 0 Å². The van der Waals surface area contributed by atoms with Gasteiger partial charge in [0.2, 0.25) is 0 Å². The van der Waals surface area contributed by atoms with Crippen molar-refractivity contribution in [1.82, 2.24) is 9.88 Å². The second-order valence-corrected chi connectivity index (χ2v) is 13.4. The highest BCUT2D eigenvalue weighted by atomic mass is 79.9. The number of amides is 2. The number of pyridine rings is 1. The summed E-state index contributed by atoms with van der Waals surface area (Å²) < 4.78 is 7.90. The molecule has 3 heterocycles. The Kier molecular flexibility index (Phi) is 9.61. The third-order valence-corrected chi connectivity index (χ3v) is 10.1. The zero-order chi connectivity index (χ0) is 31.3. The number of hydrogen-bond acceptors (Lipinski definition) is 6. The van der Waals surface area contributed by atoms with Crippen molar-refractivity contribution in [1.29, 1.82) is 0 Å². The lowest BCUT2D eigenvalue weighted by atomic mass is 9.83. The van der Waals surface area contributed by atoms with E-state index < -0.39 is 0 Å². The average molecular weight is 688 g/mol. The number of methoxy groups -OCH3 is 1. The third kappa shape index (κ3) is 7.12. The van der Waals surface area contributed by atoms with Crippen molar-refractivity contribution in [3.63, 3.8) is 0 Å². The van der Waals surface area contributed by atoms with Crippen LogP contribution in [-0.2, 0) is 12.3 Å². The van der Waals surface area contributed by atoms with Crippen molar-refractivity contribution in [2.45, 2.75) is 24.6 Å². The number of anilines is 2. The molecule has 3 aromatic carbocycles. The minimum atomic E-state index is -0.314. The lowest BCUT2D eigenvalue weighted by Crippen LogP contribution is -2.47. The molecule has 0 saturated carbocycles. The zero-order valence-electron chi connectivity index (χ0n) is 25.0. The maximum Gasteiger partial charge on any atom is 0.257 e. The minimum Gasteiger partial charge on any atom is -0.497 e. The van der Waals surface area contributed by atoms with Crippen LogP contribution >= 0.6 is 27.7 Å². The van der Waals surface area contributed by atoms with Crippen LogP contribution in [0.5, 0.6) is 5.75 Å². The van der Waals surface area contributed by atoms with Gasteiger partial charge in [-0.2, -0.15) is 11.8 Å². The summed E-state index contributed by atoms with van der Waals surface area (Å²) in [6, 6.07) is 26.5. The standard InChI is InChI=1S/C35H35BrN4O4S/c1-44-27-11-12-29(36)28(18-27)35(43)38-30-17-25(34(42)37-14-15-45-22-23-6-3-2-4-7-23)10-13-32(30)39-19-24-16-26(21-39)31-8-5-9-33(41)40(31)20-24/h2-13,17-18,24,26H,14-16,19-22H2,1H3,(H,37,42)(H,38,43). The van der Waals surface area contributed by atoms with Gasteiger partial charge in [-0.3, -0.25) is 14.4 Å². The summed E-state index contributed by atoms with van der Waals surface area (Å²) in [5.41, 5.74) is 4.65. The molecule has 0 aliphatic carbocycles. The molecular formula is C35H35BrN4O4S. The number of halogens is 1. The molecule has 2 aliphatic rings. The molecule has 2 unspecified atom stereocenters. The van der Waals surface area contributed by atoms with Crippen molar-refractivity contribution >= 4 is 50.9 Å². The summed E-state index contributed by atoms with van der Waals surface area (Å²) >= 11 is 5.26. The number of ether oxygens (including phenoxy) is 1. The van der Waals surface area contributed by atoms with Crippen molar-refractivity contribution in [3.8, 4) is 5.75 Å². The first-order chi connectivity index (χ1) is 21.9. The lowest BCUT2D eigenvalue weighted by Gasteiger charge is -2.44. The van der Waals surface area contributed by atoms with Crippen LogP contribution < -0.4 is 25.8 Å². The predicted octanol–water partition coefficient (Wildman–Crippen LogP) is 6.16. The van der Waals surface area contributed by atoms with Crippen LogP contribution in [0.25, 0.3) is 0 Å². The molecule has 1 aromatic heterocycles. The molecule has 2 N–H and O–H groups in total. The molecule has 45 heavy (non-hydrogen) atoms. The molecule has 2 aliphatic heterocycles. The molecule has 8 nitrogen and oxygen atoms in total. The summed E-state index contributed by atoms with van der Waals surface area (Å²) in [6.07, 6.45) is 1.02. The van der Waals surface area contributed by atoms with E-state index in [2.05, 4.69) is 43.6 Å². The van der Waals surface area contributed by atoms with Gasteiger partial charge in [0.1, 0.15) is 5.75 Å². The third-order valence-electron chi connectivity index (χ3n) is 8.39. The Balaban J connectivity index is 1.22. The van der Waals surface area contributed by atoms with E-state index in [4.69, 9.17) is 4.74 Å². The van der Waals surface area contributed by atoms with Gasteiger partial charge in [-0.1, -0.05) is 36.4 Å². The van der Waals surface area contributed by atoms with Gasteiger partial charge in [-0.15, -0.1) is 0 Å². The van der Waals surface area contributed by atoms with E-state index in [0.29, 0.717) is 52.6 Å². The molecule has 0 radical (unpaired) electrons. The van der Waals surface area contributed by atoms with Crippen LogP contribution in [0.4, 0.5) is 11.4 Å². The molecule has 1 fully saturated rings. The van der Waals surface area contributed by atoms with Gasteiger partial charge < -0.3 is 24.8 Å². The summed E-state index contributed by atoms with van der Waals surface area (Å²) in [6.45, 7) is 2.65. The molecule has 2 atom stereocenters. The van der Waals surface area contributed by atoms with Crippen LogP contribution in [0.15, 0.2) is 94.2 Å². The van der Waals surface area contributed by atoms with Crippen LogP contribution in [0.3, 0.4) is 0 Å². The highest BCUT2D eigenvalue weighted by Crippen LogP contribution is 2.39. The van der Waals surface area contributed by atoms with E-state index >= 15 is 0 Å². The van der Waals surface area contributed by atoms with E-state index in [0.717, 1.165) is 35.9 Å². The van der Waals surface area contributed by atoms with Gasteiger partial charge in [0, 0.05) is 65.4 Å². The SMILES string of the molecule is COc1ccc(Br)c(C(=O)Nc2cc(C(=O)NCCSCc3ccccc3)ccc2N2CC3CC(C2)c2cccc(=O)n2C3)c1. The highest BCUT2D eigenvalue weighted by Gasteiger charge is 2.35. The molecular weight excluding hydrogens is 652 g/mol. The first kappa shape index (κ1) is 31.0. The van der Waals surface area contributed by atoms with E-state index in [-0.39, 0.29) is 23.3 Å².